The number of para-hydroxylation sites is 1. The highest BCUT2D eigenvalue weighted by atomic mass is 35.5. The standard InChI is InChI=1S/C25H25NO3.ClH/c27-25(28)18-22-10-6-16-26(22)21-12-14-23(15-13-21)29-24-11-5-4-9-20(24)17-19-7-2-1-3-8-19;/h1-5,7-9,11-15,22H,6,10,16-18H2,(H,27,28);1H/t22-;/m0./s1. The van der Waals surface area contributed by atoms with Crippen molar-refractivity contribution in [2.45, 2.75) is 31.7 Å². The van der Waals surface area contributed by atoms with Crippen LogP contribution in [-0.4, -0.2) is 23.7 Å². The molecule has 0 aromatic heterocycles. The third-order valence-electron chi connectivity index (χ3n) is 5.39. The highest BCUT2D eigenvalue weighted by Crippen LogP contribution is 2.31. The molecule has 4 nitrogen and oxygen atoms in total. The molecule has 0 aliphatic carbocycles. The second kappa shape index (κ2) is 10.2. The lowest BCUT2D eigenvalue weighted by Gasteiger charge is -2.25. The van der Waals surface area contributed by atoms with Gasteiger partial charge in [0, 0.05) is 24.7 Å². The van der Waals surface area contributed by atoms with Crippen LogP contribution in [0.25, 0.3) is 0 Å². The number of hydrogen-bond acceptors (Lipinski definition) is 3. The van der Waals surface area contributed by atoms with Crippen molar-refractivity contribution >= 4 is 24.1 Å². The molecule has 1 fully saturated rings. The Labute approximate surface area is 183 Å². The van der Waals surface area contributed by atoms with Crippen LogP contribution in [-0.2, 0) is 11.2 Å². The number of halogens is 1. The minimum atomic E-state index is -0.739. The van der Waals surface area contributed by atoms with Gasteiger partial charge in [0.05, 0.1) is 6.42 Å². The van der Waals surface area contributed by atoms with Gasteiger partial charge in [0.1, 0.15) is 11.5 Å². The van der Waals surface area contributed by atoms with Gasteiger partial charge in [-0.25, -0.2) is 0 Å². The van der Waals surface area contributed by atoms with Crippen molar-refractivity contribution in [3.05, 3.63) is 90.0 Å². The number of carboxylic acids is 1. The van der Waals surface area contributed by atoms with Gasteiger partial charge >= 0.3 is 5.97 Å². The molecular formula is C25H26ClNO3. The van der Waals surface area contributed by atoms with E-state index in [1.807, 2.05) is 60.7 Å². The normalized spacial score (nSPS) is 15.5. The summed E-state index contributed by atoms with van der Waals surface area (Å²) >= 11 is 0. The second-order valence-electron chi connectivity index (χ2n) is 7.45. The van der Waals surface area contributed by atoms with Crippen LogP contribution in [0.15, 0.2) is 78.9 Å². The number of rotatable bonds is 7. The van der Waals surface area contributed by atoms with Crippen LogP contribution >= 0.6 is 12.4 Å². The number of carbonyl (C=O) groups is 1. The van der Waals surface area contributed by atoms with E-state index >= 15 is 0 Å². The van der Waals surface area contributed by atoms with Gasteiger partial charge in [-0.05, 0) is 54.3 Å². The summed E-state index contributed by atoms with van der Waals surface area (Å²) in [5.41, 5.74) is 3.44. The highest BCUT2D eigenvalue weighted by molar-refractivity contribution is 5.85. The van der Waals surface area contributed by atoms with Gasteiger partial charge in [-0.3, -0.25) is 4.79 Å². The molecule has 1 heterocycles. The Hall–Kier alpha value is -2.98. The molecule has 1 saturated heterocycles. The minimum absolute atomic E-state index is 0. The van der Waals surface area contributed by atoms with Crippen LogP contribution in [0.5, 0.6) is 11.5 Å². The van der Waals surface area contributed by atoms with Gasteiger partial charge in [-0.1, -0.05) is 48.5 Å². The zero-order chi connectivity index (χ0) is 20.1. The lowest BCUT2D eigenvalue weighted by Crippen LogP contribution is -2.31. The van der Waals surface area contributed by atoms with Gasteiger partial charge < -0.3 is 14.7 Å². The average molecular weight is 424 g/mol. The van der Waals surface area contributed by atoms with E-state index in [2.05, 4.69) is 23.1 Å². The van der Waals surface area contributed by atoms with E-state index in [4.69, 9.17) is 9.84 Å². The van der Waals surface area contributed by atoms with E-state index < -0.39 is 5.97 Å². The fraction of sp³-hybridized carbons (Fsp3) is 0.240. The molecule has 1 atom stereocenters. The van der Waals surface area contributed by atoms with Gasteiger partial charge in [0.25, 0.3) is 0 Å². The monoisotopic (exact) mass is 423 g/mol. The van der Waals surface area contributed by atoms with E-state index in [0.717, 1.165) is 48.6 Å². The zero-order valence-electron chi connectivity index (χ0n) is 16.7. The van der Waals surface area contributed by atoms with Crippen molar-refractivity contribution in [3.8, 4) is 11.5 Å². The van der Waals surface area contributed by atoms with Crippen LogP contribution in [0, 0.1) is 0 Å². The Kier molecular flexibility index (Phi) is 7.36. The first-order valence-corrected chi connectivity index (χ1v) is 10.1. The molecule has 0 saturated carbocycles. The molecule has 0 spiro atoms. The lowest BCUT2D eigenvalue weighted by atomic mass is 10.0. The number of hydrogen-bond donors (Lipinski definition) is 1. The van der Waals surface area contributed by atoms with Crippen molar-refractivity contribution in [2.75, 3.05) is 11.4 Å². The average Bonchev–Trinajstić information content (AvgIpc) is 3.18. The summed E-state index contributed by atoms with van der Waals surface area (Å²) in [6.07, 6.45) is 2.96. The maximum atomic E-state index is 11.1. The van der Waals surface area contributed by atoms with E-state index in [0.29, 0.717) is 0 Å². The molecule has 5 heteroatoms. The largest absolute Gasteiger partial charge is 0.481 e. The first-order valence-electron chi connectivity index (χ1n) is 10.1. The molecule has 1 aliphatic rings. The molecule has 30 heavy (non-hydrogen) atoms. The van der Waals surface area contributed by atoms with Crippen LogP contribution < -0.4 is 9.64 Å². The molecular weight excluding hydrogens is 398 g/mol. The third-order valence-corrected chi connectivity index (χ3v) is 5.39. The van der Waals surface area contributed by atoms with E-state index in [-0.39, 0.29) is 24.9 Å². The fourth-order valence-corrected chi connectivity index (χ4v) is 3.99. The van der Waals surface area contributed by atoms with E-state index in [1.165, 1.54) is 5.56 Å². The molecule has 0 unspecified atom stereocenters. The Morgan fingerprint density at radius 1 is 0.967 bits per heavy atom. The van der Waals surface area contributed by atoms with Crippen molar-refractivity contribution < 1.29 is 14.6 Å². The number of anilines is 1. The third kappa shape index (κ3) is 5.33. The Balaban J connectivity index is 0.00000256. The van der Waals surface area contributed by atoms with Crippen LogP contribution in [0.2, 0.25) is 0 Å². The molecule has 4 rings (SSSR count). The summed E-state index contributed by atoms with van der Waals surface area (Å²) in [5, 5.41) is 9.13. The van der Waals surface area contributed by atoms with Crippen LogP contribution in [0.3, 0.4) is 0 Å². The van der Waals surface area contributed by atoms with Gasteiger partial charge in [0.15, 0.2) is 0 Å². The Bertz CT molecular complexity index is 960. The Morgan fingerprint density at radius 2 is 1.67 bits per heavy atom. The van der Waals surface area contributed by atoms with Crippen LogP contribution in [0.1, 0.15) is 30.4 Å². The number of benzene rings is 3. The fourth-order valence-electron chi connectivity index (χ4n) is 3.99. The summed E-state index contributed by atoms with van der Waals surface area (Å²) < 4.78 is 6.18. The molecule has 0 bridgehead atoms. The smallest absolute Gasteiger partial charge is 0.305 e. The van der Waals surface area contributed by atoms with Crippen LogP contribution in [0.4, 0.5) is 5.69 Å². The molecule has 1 aliphatic heterocycles. The lowest BCUT2D eigenvalue weighted by molar-refractivity contribution is -0.137. The predicted octanol–water partition coefficient (Wildman–Crippen LogP) is 5.94. The number of nitrogens with zero attached hydrogens (tertiary/aromatic N) is 1. The summed E-state index contributed by atoms with van der Waals surface area (Å²) in [4.78, 5) is 13.3. The van der Waals surface area contributed by atoms with E-state index in [1.54, 1.807) is 0 Å². The summed E-state index contributed by atoms with van der Waals surface area (Å²) in [5.74, 6) is 0.897. The molecule has 156 valence electrons. The number of aliphatic carboxylic acids is 1. The molecule has 1 N–H and O–H groups in total. The Morgan fingerprint density at radius 3 is 2.40 bits per heavy atom. The first kappa shape index (κ1) is 21.7. The SMILES string of the molecule is Cl.O=C(O)C[C@@H]1CCCN1c1ccc(Oc2ccccc2Cc2ccccc2)cc1. The molecule has 0 amide bonds. The van der Waals surface area contributed by atoms with Crippen molar-refractivity contribution in [2.24, 2.45) is 0 Å². The van der Waals surface area contributed by atoms with Gasteiger partial charge in [0.2, 0.25) is 0 Å². The van der Waals surface area contributed by atoms with Crippen molar-refractivity contribution in [1.82, 2.24) is 0 Å². The summed E-state index contributed by atoms with van der Waals surface area (Å²) in [6.45, 7) is 0.901. The summed E-state index contributed by atoms with van der Waals surface area (Å²) in [6, 6.07) is 26.5. The second-order valence-corrected chi connectivity index (χ2v) is 7.45. The first-order chi connectivity index (χ1) is 14.2. The predicted molar refractivity (Wildman–Crippen MR) is 122 cm³/mol. The zero-order valence-corrected chi connectivity index (χ0v) is 17.6. The van der Waals surface area contributed by atoms with Crippen molar-refractivity contribution in [3.63, 3.8) is 0 Å². The molecule has 3 aromatic rings. The highest BCUT2D eigenvalue weighted by Gasteiger charge is 2.26. The van der Waals surface area contributed by atoms with Gasteiger partial charge in [-0.2, -0.15) is 0 Å². The van der Waals surface area contributed by atoms with E-state index in [9.17, 15) is 4.79 Å². The van der Waals surface area contributed by atoms with Crippen molar-refractivity contribution in [1.29, 1.82) is 0 Å². The van der Waals surface area contributed by atoms with Gasteiger partial charge in [-0.15, -0.1) is 12.4 Å². The molecule has 3 aromatic carbocycles. The minimum Gasteiger partial charge on any atom is -0.481 e. The maximum Gasteiger partial charge on any atom is 0.305 e. The summed E-state index contributed by atoms with van der Waals surface area (Å²) in [7, 11) is 0. The quantitative estimate of drug-likeness (QED) is 0.511. The topological polar surface area (TPSA) is 49.8 Å². The maximum absolute atomic E-state index is 11.1. The number of ether oxygens (including phenoxy) is 1. The molecule has 0 radical (unpaired) electrons. The number of carboxylic acid groups (broad SMARTS) is 1.